The number of pyridine rings is 1. The van der Waals surface area contributed by atoms with Crippen molar-refractivity contribution in [1.82, 2.24) is 4.57 Å². The zero-order valence-electron chi connectivity index (χ0n) is 18.1. The number of hydrogen-bond donors (Lipinski definition) is 1. The van der Waals surface area contributed by atoms with Crippen LogP contribution in [-0.2, 0) is 19.3 Å². The fourth-order valence-electron chi connectivity index (χ4n) is 4.92. The number of hydrogen-bond acceptors (Lipinski definition) is 6. The summed E-state index contributed by atoms with van der Waals surface area (Å²) in [6.07, 6.45) is 3.53. The second kappa shape index (κ2) is 7.85. The predicted octanol–water partition coefficient (Wildman–Crippen LogP) is 3.78. The standard InChI is InChI=1S/C23H24ClNO7S/c1-31-8-3-9-32-18-12-19-14(11-17(18)24)20-16(23(6-2-7-23)33(19,29)30)10-15(22(27)28)21(26)25(20)13-4-5-13/h10-13H,2-9H2,1H3,(H,27,28). The van der Waals surface area contributed by atoms with Crippen LogP contribution in [0, 0.1) is 0 Å². The molecule has 2 saturated carbocycles. The van der Waals surface area contributed by atoms with Gasteiger partial charge in [0.1, 0.15) is 16.1 Å². The Labute approximate surface area is 196 Å². The zero-order valence-corrected chi connectivity index (χ0v) is 19.7. The van der Waals surface area contributed by atoms with Crippen LogP contribution in [0.2, 0.25) is 5.02 Å². The van der Waals surface area contributed by atoms with E-state index in [1.807, 2.05) is 0 Å². The van der Waals surface area contributed by atoms with E-state index >= 15 is 0 Å². The molecule has 2 aromatic rings. The minimum Gasteiger partial charge on any atom is -0.492 e. The predicted molar refractivity (Wildman–Crippen MR) is 121 cm³/mol. The number of ether oxygens (including phenoxy) is 2. The Morgan fingerprint density at radius 1 is 1.24 bits per heavy atom. The Hall–Kier alpha value is -2.36. The number of aromatic carboxylic acids is 1. The minimum absolute atomic E-state index is 0.0812. The van der Waals surface area contributed by atoms with Crippen molar-refractivity contribution in [3.05, 3.63) is 44.7 Å². The van der Waals surface area contributed by atoms with Gasteiger partial charge in [-0.3, -0.25) is 4.79 Å². The smallest absolute Gasteiger partial charge is 0.341 e. The van der Waals surface area contributed by atoms with Crippen LogP contribution in [0.5, 0.6) is 5.75 Å². The highest BCUT2D eigenvalue weighted by atomic mass is 35.5. The maximum absolute atomic E-state index is 13.9. The lowest BCUT2D eigenvalue weighted by atomic mass is 9.76. The Bertz CT molecular complexity index is 1320. The van der Waals surface area contributed by atoms with Crippen LogP contribution in [0.3, 0.4) is 0 Å². The van der Waals surface area contributed by atoms with Gasteiger partial charge in [-0.2, -0.15) is 0 Å². The molecule has 0 saturated heterocycles. The summed E-state index contributed by atoms with van der Waals surface area (Å²) < 4.78 is 38.8. The maximum atomic E-state index is 13.9. The number of halogens is 1. The van der Waals surface area contributed by atoms with Gasteiger partial charge in [-0.15, -0.1) is 0 Å². The van der Waals surface area contributed by atoms with Crippen molar-refractivity contribution >= 4 is 27.4 Å². The lowest BCUT2D eigenvalue weighted by molar-refractivity contribution is 0.0694. The summed E-state index contributed by atoms with van der Waals surface area (Å²) in [7, 11) is -2.30. The molecular formula is C23H24ClNO7S. The van der Waals surface area contributed by atoms with Gasteiger partial charge in [0, 0.05) is 37.8 Å². The fraction of sp³-hybridized carbons (Fsp3) is 0.478. The molecule has 0 amide bonds. The highest BCUT2D eigenvalue weighted by Crippen LogP contribution is 2.59. The van der Waals surface area contributed by atoms with E-state index in [0.717, 1.165) is 12.8 Å². The molecule has 33 heavy (non-hydrogen) atoms. The van der Waals surface area contributed by atoms with Crippen molar-refractivity contribution in [2.24, 2.45) is 0 Å². The van der Waals surface area contributed by atoms with Gasteiger partial charge < -0.3 is 19.1 Å². The highest BCUT2D eigenvalue weighted by Gasteiger charge is 2.57. The molecule has 1 spiro atoms. The van der Waals surface area contributed by atoms with Gasteiger partial charge in [-0.1, -0.05) is 11.6 Å². The van der Waals surface area contributed by atoms with Gasteiger partial charge in [0.2, 0.25) is 0 Å². The third-order valence-corrected chi connectivity index (χ3v) is 9.74. The van der Waals surface area contributed by atoms with Crippen LogP contribution in [0.1, 0.15) is 60.5 Å². The Morgan fingerprint density at radius 2 is 1.97 bits per heavy atom. The maximum Gasteiger partial charge on any atom is 0.341 e. The first-order chi connectivity index (χ1) is 15.7. The molecule has 176 valence electrons. The normalized spacial score (nSPS) is 19.5. The average molecular weight is 494 g/mol. The number of carboxylic acid groups (broad SMARTS) is 1. The lowest BCUT2D eigenvalue weighted by Crippen LogP contribution is -2.47. The van der Waals surface area contributed by atoms with Crippen molar-refractivity contribution < 1.29 is 27.8 Å². The highest BCUT2D eigenvalue weighted by molar-refractivity contribution is 7.92. The van der Waals surface area contributed by atoms with Crippen LogP contribution >= 0.6 is 11.6 Å². The molecule has 0 unspecified atom stereocenters. The van der Waals surface area contributed by atoms with Crippen LogP contribution < -0.4 is 10.3 Å². The number of carboxylic acids is 1. The first kappa shape index (κ1) is 22.4. The van der Waals surface area contributed by atoms with Crippen LogP contribution in [0.4, 0.5) is 0 Å². The molecule has 1 aromatic carbocycles. The van der Waals surface area contributed by atoms with Crippen molar-refractivity contribution in [2.45, 2.75) is 54.2 Å². The van der Waals surface area contributed by atoms with Gasteiger partial charge in [-0.05, 0) is 49.8 Å². The molecule has 0 radical (unpaired) electrons. The molecule has 2 heterocycles. The number of methoxy groups -OCH3 is 1. The van der Waals surface area contributed by atoms with Crippen LogP contribution in [-0.4, -0.2) is 44.4 Å². The summed E-state index contributed by atoms with van der Waals surface area (Å²) in [5, 5.41) is 9.90. The van der Waals surface area contributed by atoms with Crippen molar-refractivity contribution in [2.75, 3.05) is 20.3 Å². The largest absolute Gasteiger partial charge is 0.492 e. The number of aromatic nitrogens is 1. The zero-order chi connectivity index (χ0) is 23.5. The number of fused-ring (bicyclic) bond motifs is 4. The Morgan fingerprint density at radius 3 is 2.55 bits per heavy atom. The van der Waals surface area contributed by atoms with E-state index < -0.39 is 31.7 Å². The van der Waals surface area contributed by atoms with E-state index in [1.54, 1.807) is 7.11 Å². The first-order valence-corrected chi connectivity index (χ1v) is 12.8. The molecule has 1 N–H and O–H groups in total. The Kier molecular flexibility index (Phi) is 5.34. The molecule has 2 aliphatic carbocycles. The van der Waals surface area contributed by atoms with Crippen molar-refractivity contribution in [3.8, 4) is 17.0 Å². The molecule has 8 nitrogen and oxygen atoms in total. The van der Waals surface area contributed by atoms with Gasteiger partial charge in [-0.25, -0.2) is 13.2 Å². The number of rotatable bonds is 7. The quantitative estimate of drug-likeness (QED) is 0.584. The molecular weight excluding hydrogens is 470 g/mol. The van der Waals surface area contributed by atoms with E-state index in [2.05, 4.69) is 0 Å². The fourth-order valence-corrected chi connectivity index (χ4v) is 7.54. The van der Waals surface area contributed by atoms with Crippen molar-refractivity contribution in [3.63, 3.8) is 0 Å². The summed E-state index contributed by atoms with van der Waals surface area (Å²) >= 11 is 6.49. The van der Waals surface area contributed by atoms with Crippen LogP contribution in [0.15, 0.2) is 27.9 Å². The average Bonchev–Trinajstić information content (AvgIpc) is 3.55. The van der Waals surface area contributed by atoms with Gasteiger partial charge in [0.15, 0.2) is 9.84 Å². The summed E-state index contributed by atoms with van der Waals surface area (Å²) in [6, 6.07) is 4.11. The molecule has 0 atom stereocenters. The lowest BCUT2D eigenvalue weighted by Gasteiger charge is -2.46. The van der Waals surface area contributed by atoms with E-state index in [4.69, 9.17) is 21.1 Å². The van der Waals surface area contributed by atoms with E-state index in [-0.39, 0.29) is 21.7 Å². The number of carbonyl (C=O) groups is 1. The molecule has 10 heteroatoms. The second-order valence-electron chi connectivity index (χ2n) is 8.86. The first-order valence-electron chi connectivity index (χ1n) is 11.0. The molecule has 2 fully saturated rings. The molecule has 5 rings (SSSR count). The monoisotopic (exact) mass is 493 g/mol. The van der Waals surface area contributed by atoms with E-state index in [0.29, 0.717) is 55.7 Å². The topological polar surface area (TPSA) is 112 Å². The molecule has 1 aromatic heterocycles. The van der Waals surface area contributed by atoms with Gasteiger partial charge in [0.05, 0.1) is 22.2 Å². The summed E-state index contributed by atoms with van der Waals surface area (Å²) in [4.78, 5) is 25.1. The number of nitrogens with zero attached hydrogens (tertiary/aromatic N) is 1. The third kappa shape index (κ3) is 3.24. The van der Waals surface area contributed by atoms with Crippen molar-refractivity contribution in [1.29, 1.82) is 0 Å². The number of benzene rings is 1. The molecule has 1 aliphatic heterocycles. The molecule has 0 bridgehead atoms. The summed E-state index contributed by atoms with van der Waals surface area (Å²) in [5.41, 5.74) is 0.201. The van der Waals surface area contributed by atoms with E-state index in [9.17, 15) is 23.1 Å². The Balaban J connectivity index is 1.78. The molecule has 3 aliphatic rings. The summed E-state index contributed by atoms with van der Waals surface area (Å²) in [6.45, 7) is 0.805. The SMILES string of the molecule is COCCCOc1cc2c(cc1Cl)-c1c(cc(C(=O)O)c(=O)n1C1CC1)C1(CCC1)S2(=O)=O. The van der Waals surface area contributed by atoms with E-state index in [1.165, 1.54) is 22.8 Å². The minimum atomic E-state index is -3.88. The summed E-state index contributed by atoms with van der Waals surface area (Å²) in [5.74, 6) is -1.09. The van der Waals surface area contributed by atoms with Crippen LogP contribution in [0.25, 0.3) is 11.3 Å². The van der Waals surface area contributed by atoms with Gasteiger partial charge in [0.25, 0.3) is 5.56 Å². The second-order valence-corrected chi connectivity index (χ2v) is 11.5. The van der Waals surface area contributed by atoms with Gasteiger partial charge >= 0.3 is 5.97 Å². The third-order valence-electron chi connectivity index (χ3n) is 6.87. The number of sulfone groups is 1.